The van der Waals surface area contributed by atoms with E-state index >= 15 is 0 Å². The van der Waals surface area contributed by atoms with E-state index in [0.29, 0.717) is 5.56 Å². The molecule has 0 saturated heterocycles. The number of aromatic nitrogens is 4. The molecule has 0 aliphatic rings. The molecule has 540 valence electrons. The number of hydrogen-bond acceptors (Lipinski definition) is 3. The Morgan fingerprint density at radius 3 is 1.08 bits per heavy atom. The minimum absolute atomic E-state index is 0.628. The van der Waals surface area contributed by atoms with Crippen molar-refractivity contribution in [2.45, 2.75) is 0 Å². The van der Waals surface area contributed by atoms with Crippen molar-refractivity contribution in [3.63, 3.8) is 0 Å². The summed E-state index contributed by atoms with van der Waals surface area (Å²) in [6, 6.07) is 149. The van der Waals surface area contributed by atoms with Gasteiger partial charge in [-0.05, 0) is 207 Å². The molecule has 6 aromatic heterocycles. The van der Waals surface area contributed by atoms with E-state index in [0.717, 1.165) is 83.1 Å². The lowest BCUT2D eigenvalue weighted by atomic mass is 9.97. The van der Waals surface area contributed by atoms with Gasteiger partial charge in [0.05, 0.1) is 55.8 Å². The van der Waals surface area contributed by atoms with Crippen molar-refractivity contribution in [2.24, 2.45) is 0 Å². The van der Waals surface area contributed by atoms with Crippen LogP contribution in [-0.4, -0.2) is 18.3 Å². The Kier molecular flexibility index (Phi) is 15.5. The molecule has 0 radical (unpaired) electrons. The SMILES string of the molecule is N#Cc1cccc(-n2c3ccc(-c4ccc(-c5ccc6c(c5)c5ccccc5n6-c5ccccc5)cc4)cc3c3cc(-c4cccc5c4oc4ccccc45)ccc32)c1.c1ccc(-n2c3ccccc3c3cc(-c4ccc(-c5ccc6c(c5)c5ccc(-c7cccc8c7sc7ccccc78)cc5n6-c5ccccc5)cc4)ccc32)cc1. The minimum Gasteiger partial charge on any atom is -0.455 e. The molecule has 0 amide bonds. The highest BCUT2D eigenvalue weighted by molar-refractivity contribution is 7.26. The zero-order valence-electron chi connectivity index (χ0n) is 62.7. The van der Waals surface area contributed by atoms with Gasteiger partial charge in [-0.1, -0.05) is 261 Å². The second kappa shape index (κ2) is 27.0. The van der Waals surface area contributed by atoms with Gasteiger partial charge in [0, 0.05) is 102 Å². The number of furan rings is 1. The molecule has 0 saturated carbocycles. The van der Waals surface area contributed by atoms with Gasteiger partial charge in [0.25, 0.3) is 0 Å². The Morgan fingerprint density at radius 2 is 0.560 bits per heavy atom. The lowest BCUT2D eigenvalue weighted by Gasteiger charge is -2.10. The van der Waals surface area contributed by atoms with E-state index in [4.69, 9.17) is 4.42 Å². The third-order valence-electron chi connectivity index (χ3n) is 23.7. The van der Waals surface area contributed by atoms with Crippen molar-refractivity contribution in [2.75, 3.05) is 0 Å². The molecule has 0 fully saturated rings. The summed E-state index contributed by atoms with van der Waals surface area (Å²) in [4.78, 5) is 0. The second-order valence-electron chi connectivity index (χ2n) is 30.2. The second-order valence-corrected chi connectivity index (χ2v) is 31.2. The van der Waals surface area contributed by atoms with Crippen LogP contribution >= 0.6 is 11.3 Å². The minimum atomic E-state index is 0.628. The summed E-state index contributed by atoms with van der Waals surface area (Å²) in [5, 5.41) is 24.5. The summed E-state index contributed by atoms with van der Waals surface area (Å²) in [6.45, 7) is 0. The van der Waals surface area contributed by atoms with Gasteiger partial charge in [-0.25, -0.2) is 0 Å². The van der Waals surface area contributed by atoms with Crippen molar-refractivity contribution in [1.82, 2.24) is 18.3 Å². The zero-order chi connectivity index (χ0) is 76.5. The Labute approximate surface area is 671 Å². The lowest BCUT2D eigenvalue weighted by molar-refractivity contribution is 0.670. The standard InChI is InChI=1S/C55H33N3O.C54H34N2S/c56-34-35-10-8-13-42(30-35)58-52-28-25-39(32-48(52)49-33-40(26-29-53(49)58)43-16-9-17-46-45-15-5-7-19-54(45)59-55(43)46)37-22-20-36(21-23-37)38-24-27-51-47(31-38)44-14-4-6-18-50(44)57(51)41-11-2-1-3-12-41;1-3-12-40(13-4-1)55-49-20-9-7-16-43(49)47-32-37(27-30-50(47)55)35-22-24-36(25-23-35)38-28-31-51-48(33-38)44-29-26-39(34-52(44)56(51)41-14-5-2-6-15-41)42-18-11-19-46-45-17-8-10-21-53(45)57-54(42)46/h1-33H;1-34H. The predicted octanol–water partition coefficient (Wildman–Crippen LogP) is 29.9. The molecule has 116 heavy (non-hydrogen) atoms. The molecule has 0 unspecified atom stereocenters. The summed E-state index contributed by atoms with van der Waals surface area (Å²) in [5.41, 5.74) is 30.4. The summed E-state index contributed by atoms with van der Waals surface area (Å²) in [6.07, 6.45) is 0. The third-order valence-corrected chi connectivity index (χ3v) is 24.9. The summed E-state index contributed by atoms with van der Waals surface area (Å²) < 4.78 is 18.6. The van der Waals surface area contributed by atoms with Crippen LogP contribution in [0.2, 0.25) is 0 Å². The maximum atomic E-state index is 9.81. The largest absolute Gasteiger partial charge is 0.455 e. The van der Waals surface area contributed by atoms with E-state index in [2.05, 4.69) is 400 Å². The van der Waals surface area contributed by atoms with Crippen molar-refractivity contribution in [3.8, 4) is 95.6 Å². The van der Waals surface area contributed by atoms with Gasteiger partial charge in [0.15, 0.2) is 0 Å². The quantitative estimate of drug-likeness (QED) is 0.137. The van der Waals surface area contributed by atoms with Crippen LogP contribution in [0.3, 0.4) is 0 Å². The molecule has 0 N–H and O–H groups in total. The van der Waals surface area contributed by atoms with Crippen LogP contribution in [0.1, 0.15) is 5.56 Å². The number of fused-ring (bicyclic) bond motifs is 18. The zero-order valence-corrected chi connectivity index (χ0v) is 63.6. The lowest BCUT2D eigenvalue weighted by Crippen LogP contribution is -1.94. The molecular weight excluding hydrogens is 1430 g/mol. The van der Waals surface area contributed by atoms with Crippen LogP contribution in [-0.2, 0) is 0 Å². The van der Waals surface area contributed by atoms with Gasteiger partial charge in [-0.3, -0.25) is 0 Å². The average Bonchev–Trinajstić information content (AvgIpc) is 1.62. The molecule has 0 spiro atoms. The first-order valence-electron chi connectivity index (χ1n) is 39.4. The fourth-order valence-corrected chi connectivity index (χ4v) is 19.5. The normalized spacial score (nSPS) is 11.8. The third kappa shape index (κ3) is 10.8. The average molecular weight is 1490 g/mol. The van der Waals surface area contributed by atoms with Crippen LogP contribution < -0.4 is 0 Å². The highest BCUT2D eigenvalue weighted by Crippen LogP contribution is 2.46. The van der Waals surface area contributed by atoms with Gasteiger partial charge >= 0.3 is 0 Å². The first-order chi connectivity index (χ1) is 57.5. The molecule has 24 rings (SSSR count). The smallest absolute Gasteiger partial charge is 0.143 e. The number of para-hydroxylation sites is 7. The Bertz CT molecular complexity index is 8130. The number of nitriles is 1. The first kappa shape index (κ1) is 66.5. The Balaban J connectivity index is 0.000000137. The molecule has 7 heteroatoms. The van der Waals surface area contributed by atoms with Crippen LogP contribution in [0.15, 0.2) is 411 Å². The van der Waals surface area contributed by atoms with E-state index in [1.54, 1.807) is 0 Å². The highest BCUT2D eigenvalue weighted by Gasteiger charge is 2.22. The molecular formula is C109H67N5OS. The molecule has 0 bridgehead atoms. The first-order valence-corrected chi connectivity index (χ1v) is 40.2. The number of benzene rings is 18. The molecule has 0 aliphatic heterocycles. The summed E-state index contributed by atoms with van der Waals surface area (Å²) >= 11 is 1.89. The maximum absolute atomic E-state index is 9.81. The Hall–Kier alpha value is -15.3. The number of nitrogens with zero attached hydrogens (tertiary/aromatic N) is 5. The van der Waals surface area contributed by atoms with Gasteiger partial charge in [-0.2, -0.15) is 5.26 Å². The van der Waals surface area contributed by atoms with E-state index < -0.39 is 0 Å². The summed E-state index contributed by atoms with van der Waals surface area (Å²) in [5.74, 6) is 0. The van der Waals surface area contributed by atoms with Crippen LogP contribution in [0, 0.1) is 11.3 Å². The van der Waals surface area contributed by atoms with Crippen molar-refractivity contribution in [1.29, 1.82) is 5.26 Å². The van der Waals surface area contributed by atoms with Crippen LogP contribution in [0.25, 0.3) is 219 Å². The molecule has 6 nitrogen and oxygen atoms in total. The number of hydrogen-bond donors (Lipinski definition) is 0. The van der Waals surface area contributed by atoms with Gasteiger partial charge in [-0.15, -0.1) is 11.3 Å². The highest BCUT2D eigenvalue weighted by atomic mass is 32.1. The number of thiophene rings is 1. The fraction of sp³-hybridized carbons (Fsp3) is 0. The topological polar surface area (TPSA) is 56.6 Å². The van der Waals surface area contributed by atoms with Gasteiger partial charge < -0.3 is 22.7 Å². The number of rotatable bonds is 10. The van der Waals surface area contributed by atoms with Gasteiger partial charge in [0.2, 0.25) is 0 Å². The molecule has 18 aromatic carbocycles. The summed E-state index contributed by atoms with van der Waals surface area (Å²) in [7, 11) is 0. The molecule has 0 aliphatic carbocycles. The van der Waals surface area contributed by atoms with E-state index in [1.165, 1.54) is 136 Å². The van der Waals surface area contributed by atoms with E-state index in [9.17, 15) is 5.26 Å². The predicted molar refractivity (Wildman–Crippen MR) is 488 cm³/mol. The van der Waals surface area contributed by atoms with Crippen molar-refractivity contribution < 1.29 is 4.42 Å². The van der Waals surface area contributed by atoms with Crippen molar-refractivity contribution in [3.05, 3.63) is 412 Å². The van der Waals surface area contributed by atoms with E-state index in [1.807, 2.05) is 41.7 Å². The maximum Gasteiger partial charge on any atom is 0.143 e. The van der Waals surface area contributed by atoms with Crippen LogP contribution in [0.5, 0.6) is 0 Å². The van der Waals surface area contributed by atoms with E-state index in [-0.39, 0.29) is 0 Å². The fourth-order valence-electron chi connectivity index (χ4n) is 18.3. The van der Waals surface area contributed by atoms with Gasteiger partial charge in [0.1, 0.15) is 11.2 Å². The molecule has 24 aromatic rings. The Morgan fingerprint density at radius 1 is 0.216 bits per heavy atom. The monoisotopic (exact) mass is 1490 g/mol. The molecule has 6 heterocycles. The van der Waals surface area contributed by atoms with Crippen molar-refractivity contribution >= 4 is 141 Å². The van der Waals surface area contributed by atoms with Crippen LogP contribution in [0.4, 0.5) is 0 Å². The molecule has 0 atom stereocenters.